The topological polar surface area (TPSA) is 86.5 Å². The van der Waals surface area contributed by atoms with Crippen molar-refractivity contribution in [1.29, 1.82) is 0 Å². The second-order valence-corrected chi connectivity index (χ2v) is 8.28. The van der Waals surface area contributed by atoms with Crippen LogP contribution in [0.4, 0.5) is 0 Å². The van der Waals surface area contributed by atoms with Gasteiger partial charge in [0, 0.05) is 22.7 Å². The first-order chi connectivity index (χ1) is 12.3. The summed E-state index contributed by atoms with van der Waals surface area (Å²) >= 11 is 0. The molecule has 0 saturated heterocycles. The first kappa shape index (κ1) is 18.2. The number of ether oxygens (including phenoxy) is 1. The third kappa shape index (κ3) is 4.15. The van der Waals surface area contributed by atoms with Crippen molar-refractivity contribution in [2.75, 3.05) is 6.61 Å². The molecule has 1 amide bonds. The second-order valence-electron chi connectivity index (χ2n) is 5.74. The maximum Gasteiger partial charge on any atom is 0.264 e. The highest BCUT2D eigenvalue weighted by Crippen LogP contribution is 2.28. The number of amides is 1. The molecule has 134 valence electrons. The van der Waals surface area contributed by atoms with Crippen LogP contribution in [-0.4, -0.2) is 20.9 Å². The molecule has 0 aliphatic rings. The molecule has 7 heteroatoms. The van der Waals surface area contributed by atoms with Crippen molar-refractivity contribution in [3.8, 4) is 5.75 Å². The lowest BCUT2D eigenvalue weighted by Crippen LogP contribution is -2.12. The Morgan fingerprint density at radius 3 is 2.42 bits per heavy atom. The molecule has 0 unspecified atom stereocenters. The lowest BCUT2D eigenvalue weighted by Gasteiger charge is -2.11. The first-order valence-corrected chi connectivity index (χ1v) is 10.1. The number of halogens is 1. The Bertz CT molecular complexity index is 1080. The molecule has 0 radical (unpaired) electrons. The Morgan fingerprint density at radius 2 is 1.73 bits per heavy atom. The Morgan fingerprint density at radius 1 is 1.00 bits per heavy atom. The van der Waals surface area contributed by atoms with E-state index in [0.717, 1.165) is 16.3 Å². The summed E-state index contributed by atoms with van der Waals surface area (Å²) in [5, 5.41) is 2.26. The Labute approximate surface area is 155 Å². The van der Waals surface area contributed by atoms with Crippen LogP contribution in [0.3, 0.4) is 0 Å². The van der Waals surface area contributed by atoms with E-state index < -0.39 is 15.0 Å². The van der Waals surface area contributed by atoms with E-state index in [1.807, 2.05) is 36.4 Å². The first-order valence-electron chi connectivity index (χ1n) is 7.83. The molecule has 0 aromatic heterocycles. The molecule has 0 bridgehead atoms. The zero-order chi connectivity index (χ0) is 18.7. The highest BCUT2D eigenvalue weighted by Gasteiger charge is 2.18. The van der Waals surface area contributed by atoms with E-state index in [4.69, 9.17) is 21.2 Å². The van der Waals surface area contributed by atoms with Crippen molar-refractivity contribution in [3.05, 3.63) is 71.8 Å². The van der Waals surface area contributed by atoms with Gasteiger partial charge in [-0.05, 0) is 34.5 Å². The van der Waals surface area contributed by atoms with E-state index in [0.29, 0.717) is 6.42 Å². The van der Waals surface area contributed by atoms with Crippen LogP contribution in [-0.2, 0) is 15.5 Å². The fourth-order valence-electron chi connectivity index (χ4n) is 2.65. The summed E-state index contributed by atoms with van der Waals surface area (Å²) in [4.78, 5) is 11.1. The van der Waals surface area contributed by atoms with Crippen LogP contribution in [0.25, 0.3) is 10.8 Å². The summed E-state index contributed by atoms with van der Waals surface area (Å²) in [5.41, 5.74) is 6.43. The Kier molecular flexibility index (Phi) is 5.15. The molecular weight excluding hydrogens is 374 g/mol. The summed E-state index contributed by atoms with van der Waals surface area (Å²) in [6, 6.07) is 17.9. The fraction of sp³-hybridized carbons (Fsp3) is 0.105. The van der Waals surface area contributed by atoms with E-state index in [1.54, 1.807) is 0 Å². The van der Waals surface area contributed by atoms with Gasteiger partial charge in [-0.15, -0.1) is 0 Å². The molecule has 0 heterocycles. The van der Waals surface area contributed by atoms with Gasteiger partial charge in [-0.25, -0.2) is 8.42 Å². The minimum atomic E-state index is -4.00. The van der Waals surface area contributed by atoms with Crippen LogP contribution in [0.15, 0.2) is 65.6 Å². The molecule has 0 aliphatic heterocycles. The van der Waals surface area contributed by atoms with Crippen molar-refractivity contribution in [2.45, 2.75) is 11.3 Å². The second kappa shape index (κ2) is 7.35. The van der Waals surface area contributed by atoms with Crippen molar-refractivity contribution in [3.63, 3.8) is 0 Å². The average molecular weight is 390 g/mol. The average Bonchev–Trinajstić information content (AvgIpc) is 2.60. The molecule has 0 aliphatic carbocycles. The van der Waals surface area contributed by atoms with Crippen molar-refractivity contribution >= 4 is 36.4 Å². The summed E-state index contributed by atoms with van der Waals surface area (Å²) in [5.74, 6) is -0.667. The minimum absolute atomic E-state index is 0.0112. The highest BCUT2D eigenvalue weighted by atomic mass is 35.7. The van der Waals surface area contributed by atoms with Gasteiger partial charge in [-0.2, -0.15) is 0 Å². The van der Waals surface area contributed by atoms with Gasteiger partial charge in [0.25, 0.3) is 9.05 Å². The molecule has 0 atom stereocenters. The van der Waals surface area contributed by atoms with Crippen LogP contribution in [0.2, 0.25) is 0 Å². The van der Waals surface area contributed by atoms with E-state index in [2.05, 4.69) is 6.07 Å². The lowest BCUT2D eigenvalue weighted by molar-refractivity contribution is 0.0999. The van der Waals surface area contributed by atoms with Crippen LogP contribution >= 0.6 is 10.7 Å². The van der Waals surface area contributed by atoms with Gasteiger partial charge in [0.05, 0.1) is 6.61 Å². The summed E-state index contributed by atoms with van der Waals surface area (Å²) in [6.45, 7) is 0.222. The number of primary amides is 1. The summed E-state index contributed by atoms with van der Waals surface area (Å²) in [7, 11) is 1.43. The van der Waals surface area contributed by atoms with Gasteiger partial charge in [-0.3, -0.25) is 4.79 Å². The van der Waals surface area contributed by atoms with E-state index >= 15 is 0 Å². The van der Waals surface area contributed by atoms with Crippen LogP contribution in [0.1, 0.15) is 15.9 Å². The summed E-state index contributed by atoms with van der Waals surface area (Å²) in [6.07, 6.45) is 0.563. The normalized spacial score (nSPS) is 11.4. The number of carbonyl (C=O) groups excluding carboxylic acids is 1. The van der Waals surface area contributed by atoms with Gasteiger partial charge in [0.2, 0.25) is 5.91 Å². The fourth-order valence-corrected chi connectivity index (χ4v) is 3.62. The molecule has 0 spiro atoms. The smallest absolute Gasteiger partial charge is 0.264 e. The van der Waals surface area contributed by atoms with E-state index in [1.165, 1.54) is 18.2 Å². The maximum absolute atomic E-state index is 11.7. The van der Waals surface area contributed by atoms with Crippen molar-refractivity contribution in [1.82, 2.24) is 0 Å². The highest BCUT2D eigenvalue weighted by molar-refractivity contribution is 8.13. The SMILES string of the molecule is NC(=O)c1ccc(S(=O)(=O)Cl)c(OCCc2ccc3ccccc3c2)c1. The number of rotatable bonds is 6. The summed E-state index contributed by atoms with van der Waals surface area (Å²) < 4.78 is 29.0. The zero-order valence-electron chi connectivity index (χ0n) is 13.7. The Balaban J connectivity index is 1.79. The largest absolute Gasteiger partial charge is 0.492 e. The van der Waals surface area contributed by atoms with Crippen LogP contribution < -0.4 is 10.5 Å². The lowest BCUT2D eigenvalue weighted by atomic mass is 10.1. The maximum atomic E-state index is 11.7. The molecule has 3 aromatic rings. The predicted octanol–water partition coefficient (Wildman–Crippen LogP) is 3.49. The number of benzene rings is 3. The molecule has 0 saturated carbocycles. The van der Waals surface area contributed by atoms with E-state index in [-0.39, 0.29) is 22.8 Å². The predicted molar refractivity (Wildman–Crippen MR) is 101 cm³/mol. The van der Waals surface area contributed by atoms with Gasteiger partial charge in [0.1, 0.15) is 10.6 Å². The standard InChI is InChI=1S/C19H16ClNO4S/c20-26(23,24)18-8-7-16(19(21)22)12-17(18)25-10-9-13-5-6-14-3-1-2-4-15(14)11-13/h1-8,11-12H,9-10H2,(H2,21,22). The number of fused-ring (bicyclic) bond motifs is 1. The number of nitrogens with two attached hydrogens (primary N) is 1. The quantitative estimate of drug-likeness (QED) is 0.654. The van der Waals surface area contributed by atoms with Gasteiger partial charge in [0.15, 0.2) is 0 Å². The molecule has 0 fully saturated rings. The molecule has 2 N–H and O–H groups in total. The van der Waals surface area contributed by atoms with Gasteiger partial charge < -0.3 is 10.5 Å². The number of hydrogen-bond donors (Lipinski definition) is 1. The molecule has 26 heavy (non-hydrogen) atoms. The van der Waals surface area contributed by atoms with E-state index in [9.17, 15) is 13.2 Å². The van der Waals surface area contributed by atoms with Gasteiger partial charge in [-0.1, -0.05) is 42.5 Å². The molecule has 5 nitrogen and oxygen atoms in total. The number of carbonyl (C=O) groups is 1. The van der Waals surface area contributed by atoms with Crippen molar-refractivity contribution < 1.29 is 17.9 Å². The van der Waals surface area contributed by atoms with Crippen molar-refractivity contribution in [2.24, 2.45) is 5.73 Å². The Hall–Kier alpha value is -2.57. The third-order valence-electron chi connectivity index (χ3n) is 3.95. The van der Waals surface area contributed by atoms with Crippen LogP contribution in [0.5, 0.6) is 5.75 Å². The minimum Gasteiger partial charge on any atom is -0.492 e. The zero-order valence-corrected chi connectivity index (χ0v) is 15.3. The van der Waals surface area contributed by atoms with Crippen LogP contribution in [0, 0.1) is 0 Å². The molecular formula is C19H16ClNO4S. The monoisotopic (exact) mass is 389 g/mol. The van der Waals surface area contributed by atoms with Gasteiger partial charge >= 0.3 is 0 Å². The third-order valence-corrected chi connectivity index (χ3v) is 5.31. The molecule has 3 rings (SSSR count). The number of hydrogen-bond acceptors (Lipinski definition) is 4. The molecule has 3 aromatic carbocycles.